The lowest BCUT2D eigenvalue weighted by atomic mass is 9.94. The number of nitrogens with zero attached hydrogens (tertiary/aromatic N) is 2. The standard InChI is InChI=1S/C10H10Cl3N3O4S/c11-10(12,13)6-20-21(18,19)16-8(14)15-5-9(16)3-1-7(17)2-4-9/h1-4H,5-6H2,(H2,14,15). The molecule has 0 bridgehead atoms. The van der Waals surface area contributed by atoms with Gasteiger partial charge in [-0.3, -0.25) is 4.79 Å². The molecule has 0 atom stereocenters. The molecule has 2 aliphatic rings. The Morgan fingerprint density at radius 1 is 1.38 bits per heavy atom. The van der Waals surface area contributed by atoms with Crippen LogP contribution in [0, 0.1) is 0 Å². The van der Waals surface area contributed by atoms with Gasteiger partial charge in [0.25, 0.3) is 0 Å². The highest BCUT2D eigenvalue weighted by Gasteiger charge is 2.47. The van der Waals surface area contributed by atoms with E-state index in [0.29, 0.717) is 0 Å². The van der Waals surface area contributed by atoms with Crippen LogP contribution in [0.1, 0.15) is 0 Å². The predicted octanol–water partition coefficient (Wildman–Crippen LogP) is 0.682. The molecule has 0 fully saturated rings. The fourth-order valence-corrected chi connectivity index (χ4v) is 3.54. The van der Waals surface area contributed by atoms with Crippen LogP contribution >= 0.6 is 34.8 Å². The molecule has 1 heterocycles. The first-order valence-electron chi connectivity index (χ1n) is 5.55. The maximum absolute atomic E-state index is 12.3. The second-order valence-corrected chi connectivity index (χ2v) is 8.31. The molecule has 0 amide bonds. The van der Waals surface area contributed by atoms with Crippen LogP contribution in [0.2, 0.25) is 0 Å². The van der Waals surface area contributed by atoms with E-state index in [2.05, 4.69) is 4.99 Å². The van der Waals surface area contributed by atoms with Crippen molar-refractivity contribution >= 4 is 56.8 Å². The minimum Gasteiger partial charge on any atom is -0.369 e. The first-order chi connectivity index (χ1) is 9.56. The number of nitrogens with two attached hydrogens (primary N) is 1. The number of carbonyl (C=O) groups is 1. The minimum absolute atomic E-state index is 0.0233. The van der Waals surface area contributed by atoms with E-state index in [-0.39, 0.29) is 18.3 Å². The molecule has 0 saturated heterocycles. The third kappa shape index (κ3) is 3.51. The van der Waals surface area contributed by atoms with Gasteiger partial charge in [-0.2, -0.15) is 8.42 Å². The van der Waals surface area contributed by atoms with Gasteiger partial charge in [0.1, 0.15) is 12.1 Å². The maximum Gasteiger partial charge on any atom is 0.366 e. The summed E-state index contributed by atoms with van der Waals surface area (Å²) in [4.78, 5) is 15.1. The summed E-state index contributed by atoms with van der Waals surface area (Å²) in [6, 6.07) is 0. The van der Waals surface area contributed by atoms with Crippen molar-refractivity contribution < 1.29 is 17.4 Å². The molecule has 1 aliphatic heterocycles. The van der Waals surface area contributed by atoms with E-state index >= 15 is 0 Å². The third-order valence-electron chi connectivity index (χ3n) is 2.75. The summed E-state index contributed by atoms with van der Waals surface area (Å²) in [5.74, 6) is -0.548. The Kier molecular flexibility index (Phi) is 4.29. The van der Waals surface area contributed by atoms with E-state index in [1.54, 1.807) is 0 Å². The number of carbonyl (C=O) groups excluding carboxylic acids is 1. The van der Waals surface area contributed by atoms with Crippen molar-refractivity contribution in [3.05, 3.63) is 24.3 Å². The molecular formula is C10H10Cl3N3O4S. The van der Waals surface area contributed by atoms with Crippen molar-refractivity contribution in [2.24, 2.45) is 10.7 Å². The summed E-state index contributed by atoms with van der Waals surface area (Å²) >= 11 is 16.4. The van der Waals surface area contributed by atoms with Gasteiger partial charge in [-0.25, -0.2) is 13.5 Å². The second-order valence-electron chi connectivity index (χ2n) is 4.33. The molecule has 7 nitrogen and oxygen atoms in total. The summed E-state index contributed by atoms with van der Waals surface area (Å²) in [5.41, 5.74) is 4.39. The quantitative estimate of drug-likeness (QED) is 0.732. The normalized spacial score (nSPS) is 21.2. The molecule has 0 aromatic carbocycles. The van der Waals surface area contributed by atoms with Crippen LogP contribution < -0.4 is 5.73 Å². The molecule has 11 heteroatoms. The Labute approximate surface area is 136 Å². The summed E-state index contributed by atoms with van der Waals surface area (Å²) in [6.45, 7) is -0.665. The number of hydrogen-bond donors (Lipinski definition) is 1. The fraction of sp³-hybridized carbons (Fsp3) is 0.400. The van der Waals surface area contributed by atoms with E-state index in [1.165, 1.54) is 24.3 Å². The smallest absolute Gasteiger partial charge is 0.366 e. The third-order valence-corrected chi connectivity index (χ3v) is 4.47. The van der Waals surface area contributed by atoms with Crippen molar-refractivity contribution in [2.45, 2.75) is 9.33 Å². The van der Waals surface area contributed by atoms with Crippen molar-refractivity contribution in [1.29, 1.82) is 0 Å². The highest BCUT2D eigenvalue weighted by Crippen LogP contribution is 2.33. The molecule has 0 aromatic heterocycles. The van der Waals surface area contributed by atoms with E-state index < -0.39 is 26.2 Å². The van der Waals surface area contributed by atoms with Crippen molar-refractivity contribution in [2.75, 3.05) is 13.2 Å². The van der Waals surface area contributed by atoms with E-state index in [4.69, 9.17) is 44.7 Å². The number of halogens is 3. The topological polar surface area (TPSA) is 102 Å². The highest BCUT2D eigenvalue weighted by atomic mass is 35.6. The summed E-state index contributed by atoms with van der Waals surface area (Å²) < 4.78 is 28.1. The Morgan fingerprint density at radius 3 is 2.48 bits per heavy atom. The average molecular weight is 375 g/mol. The van der Waals surface area contributed by atoms with Gasteiger partial charge >= 0.3 is 10.3 Å². The summed E-state index contributed by atoms with van der Waals surface area (Å²) in [7, 11) is -4.36. The van der Waals surface area contributed by atoms with Gasteiger partial charge in [0.15, 0.2) is 5.78 Å². The lowest BCUT2D eigenvalue weighted by Gasteiger charge is -2.33. The van der Waals surface area contributed by atoms with Crippen LogP contribution in [0.15, 0.2) is 29.3 Å². The molecule has 0 radical (unpaired) electrons. The number of hydrogen-bond acceptors (Lipinski definition) is 6. The lowest BCUT2D eigenvalue weighted by molar-refractivity contribution is -0.110. The van der Waals surface area contributed by atoms with Gasteiger partial charge in [0, 0.05) is 0 Å². The van der Waals surface area contributed by atoms with E-state index in [1.807, 2.05) is 0 Å². The molecule has 0 unspecified atom stereocenters. The average Bonchev–Trinajstić information content (AvgIpc) is 2.68. The monoisotopic (exact) mass is 373 g/mol. The molecular weight excluding hydrogens is 365 g/mol. The van der Waals surface area contributed by atoms with Crippen LogP contribution in [0.25, 0.3) is 0 Å². The van der Waals surface area contributed by atoms with Gasteiger partial charge in [-0.05, 0) is 24.3 Å². The molecule has 1 spiro atoms. The van der Waals surface area contributed by atoms with Crippen molar-refractivity contribution in [3.8, 4) is 0 Å². The lowest BCUT2D eigenvalue weighted by Crippen LogP contribution is -2.53. The van der Waals surface area contributed by atoms with Crippen molar-refractivity contribution in [1.82, 2.24) is 4.31 Å². The Balaban J connectivity index is 2.31. The molecule has 21 heavy (non-hydrogen) atoms. The zero-order valence-corrected chi connectivity index (χ0v) is 13.5. The van der Waals surface area contributed by atoms with Crippen LogP contribution in [0.5, 0.6) is 0 Å². The number of ketones is 1. The van der Waals surface area contributed by atoms with Crippen LogP contribution in [-0.4, -0.2) is 46.9 Å². The fourth-order valence-electron chi connectivity index (χ4n) is 1.87. The van der Waals surface area contributed by atoms with Crippen LogP contribution in [0.3, 0.4) is 0 Å². The summed E-state index contributed by atoms with van der Waals surface area (Å²) in [6.07, 6.45) is 5.22. The minimum atomic E-state index is -4.36. The van der Waals surface area contributed by atoms with Crippen molar-refractivity contribution in [3.63, 3.8) is 0 Å². The van der Waals surface area contributed by atoms with Crippen LogP contribution in [-0.2, 0) is 19.3 Å². The van der Waals surface area contributed by atoms with E-state index in [9.17, 15) is 13.2 Å². The number of rotatable bonds is 3. The number of allylic oxidation sites excluding steroid dienone is 2. The second kappa shape index (κ2) is 5.44. The maximum atomic E-state index is 12.3. The number of guanidine groups is 1. The van der Waals surface area contributed by atoms with Gasteiger partial charge in [0.05, 0.1) is 6.54 Å². The van der Waals surface area contributed by atoms with Crippen LogP contribution in [0.4, 0.5) is 0 Å². The molecule has 116 valence electrons. The molecule has 0 saturated carbocycles. The predicted molar refractivity (Wildman–Crippen MR) is 79.5 cm³/mol. The Bertz CT molecular complexity index is 635. The zero-order valence-electron chi connectivity index (χ0n) is 10.4. The molecule has 2 N–H and O–H groups in total. The Morgan fingerprint density at radius 2 is 1.95 bits per heavy atom. The molecule has 0 aromatic rings. The Hall–Kier alpha value is -0.800. The zero-order chi connectivity index (χ0) is 15.9. The molecule has 1 aliphatic carbocycles. The van der Waals surface area contributed by atoms with E-state index in [0.717, 1.165) is 4.31 Å². The first-order valence-corrected chi connectivity index (χ1v) is 8.05. The highest BCUT2D eigenvalue weighted by molar-refractivity contribution is 7.85. The van der Waals surface area contributed by atoms with Gasteiger partial charge in [-0.15, -0.1) is 0 Å². The van der Waals surface area contributed by atoms with Gasteiger partial charge in [0.2, 0.25) is 9.75 Å². The number of alkyl halides is 3. The summed E-state index contributed by atoms with van der Waals surface area (Å²) in [5, 5.41) is 0. The molecule has 2 rings (SSSR count). The number of aliphatic imine (C=N–C) groups is 1. The first kappa shape index (κ1) is 16.6. The van der Waals surface area contributed by atoms with Gasteiger partial charge in [-0.1, -0.05) is 34.8 Å². The SMILES string of the molecule is NC1=NCC2(C=CC(=O)C=C2)N1S(=O)(=O)OCC(Cl)(Cl)Cl. The largest absolute Gasteiger partial charge is 0.369 e. The van der Waals surface area contributed by atoms with Gasteiger partial charge < -0.3 is 5.73 Å².